The predicted octanol–water partition coefficient (Wildman–Crippen LogP) is 4.82. The van der Waals surface area contributed by atoms with Gasteiger partial charge in [-0.05, 0) is 60.4 Å². The van der Waals surface area contributed by atoms with E-state index in [0.717, 1.165) is 5.92 Å². The number of rotatable bonds is 2. The topological polar surface area (TPSA) is 0 Å². The minimum absolute atomic E-state index is 0.966. The molecule has 1 saturated carbocycles. The van der Waals surface area contributed by atoms with Crippen LogP contribution in [-0.2, 0) is 6.42 Å². The Kier molecular flexibility index (Phi) is 2.82. The highest BCUT2D eigenvalue weighted by molar-refractivity contribution is 5.74. The Morgan fingerprint density at radius 3 is 2.53 bits per heavy atom. The average molecular weight is 226 g/mol. The highest BCUT2D eigenvalue weighted by atomic mass is 14.3. The second kappa shape index (κ2) is 4.33. The summed E-state index contributed by atoms with van der Waals surface area (Å²) in [5.74, 6) is 0.966. The van der Waals surface area contributed by atoms with Crippen LogP contribution in [0.5, 0.6) is 0 Å². The minimum atomic E-state index is 0.966. The first kappa shape index (κ1) is 11.1. The van der Waals surface area contributed by atoms with E-state index in [1.807, 2.05) is 0 Å². The van der Waals surface area contributed by atoms with Gasteiger partial charge in [-0.25, -0.2) is 0 Å². The third kappa shape index (κ3) is 2.06. The van der Waals surface area contributed by atoms with Gasteiger partial charge in [0, 0.05) is 0 Å². The van der Waals surface area contributed by atoms with E-state index in [1.165, 1.54) is 49.7 Å². The standard InChI is InChI=1S/C17H22/c1-12-9-15-7-8-16(17(15)10-13(12)2)11-14-5-3-4-6-14/h8-10,14H,3-7,11H2,1-2H3. The number of allylic oxidation sites excluding steroid dienone is 2. The number of benzene rings is 1. The summed E-state index contributed by atoms with van der Waals surface area (Å²) in [6.07, 6.45) is 10.8. The number of hydrogen-bond acceptors (Lipinski definition) is 0. The molecule has 0 aliphatic heterocycles. The molecule has 90 valence electrons. The van der Waals surface area contributed by atoms with Crippen LogP contribution < -0.4 is 0 Å². The summed E-state index contributed by atoms with van der Waals surface area (Å²) in [6.45, 7) is 4.46. The van der Waals surface area contributed by atoms with Gasteiger partial charge in [-0.2, -0.15) is 0 Å². The summed E-state index contributed by atoms with van der Waals surface area (Å²) < 4.78 is 0. The van der Waals surface area contributed by atoms with E-state index in [-0.39, 0.29) is 0 Å². The Morgan fingerprint density at radius 1 is 1.06 bits per heavy atom. The van der Waals surface area contributed by atoms with Crippen LogP contribution in [0.4, 0.5) is 0 Å². The SMILES string of the molecule is Cc1cc2c(cc1C)C(CC1CCCC1)=CC2. The van der Waals surface area contributed by atoms with Gasteiger partial charge in [-0.1, -0.05) is 43.9 Å². The quantitative estimate of drug-likeness (QED) is 0.678. The first-order valence-corrected chi connectivity index (χ1v) is 7.03. The molecule has 0 saturated heterocycles. The van der Waals surface area contributed by atoms with Crippen molar-refractivity contribution in [3.8, 4) is 0 Å². The van der Waals surface area contributed by atoms with Gasteiger partial charge in [0.2, 0.25) is 0 Å². The van der Waals surface area contributed by atoms with E-state index in [1.54, 1.807) is 16.7 Å². The highest BCUT2D eigenvalue weighted by Crippen LogP contribution is 2.38. The lowest BCUT2D eigenvalue weighted by Gasteiger charge is -2.13. The third-order valence-corrected chi connectivity index (χ3v) is 4.62. The Morgan fingerprint density at radius 2 is 1.76 bits per heavy atom. The van der Waals surface area contributed by atoms with Gasteiger partial charge >= 0.3 is 0 Å². The first-order valence-electron chi connectivity index (χ1n) is 7.03. The maximum absolute atomic E-state index is 2.47. The Balaban J connectivity index is 1.84. The van der Waals surface area contributed by atoms with Crippen LogP contribution in [0.15, 0.2) is 18.2 Å². The molecule has 0 spiro atoms. The molecule has 0 radical (unpaired) electrons. The van der Waals surface area contributed by atoms with Crippen LogP contribution >= 0.6 is 0 Å². The van der Waals surface area contributed by atoms with Crippen molar-refractivity contribution in [3.63, 3.8) is 0 Å². The van der Waals surface area contributed by atoms with Crippen molar-refractivity contribution in [3.05, 3.63) is 40.5 Å². The van der Waals surface area contributed by atoms with Crippen molar-refractivity contribution >= 4 is 5.57 Å². The highest BCUT2D eigenvalue weighted by Gasteiger charge is 2.21. The molecule has 0 aromatic heterocycles. The van der Waals surface area contributed by atoms with Crippen LogP contribution in [0.25, 0.3) is 5.57 Å². The van der Waals surface area contributed by atoms with Crippen molar-refractivity contribution < 1.29 is 0 Å². The van der Waals surface area contributed by atoms with E-state index >= 15 is 0 Å². The van der Waals surface area contributed by atoms with Crippen molar-refractivity contribution in [1.82, 2.24) is 0 Å². The van der Waals surface area contributed by atoms with Gasteiger partial charge in [0.15, 0.2) is 0 Å². The van der Waals surface area contributed by atoms with Crippen molar-refractivity contribution in [2.45, 2.75) is 52.4 Å². The third-order valence-electron chi connectivity index (χ3n) is 4.62. The molecule has 3 rings (SSSR count). The monoisotopic (exact) mass is 226 g/mol. The van der Waals surface area contributed by atoms with Gasteiger partial charge in [0.1, 0.15) is 0 Å². The number of fused-ring (bicyclic) bond motifs is 1. The van der Waals surface area contributed by atoms with Crippen molar-refractivity contribution in [1.29, 1.82) is 0 Å². The predicted molar refractivity (Wildman–Crippen MR) is 74.2 cm³/mol. The van der Waals surface area contributed by atoms with Crippen LogP contribution in [0.1, 0.15) is 54.4 Å². The van der Waals surface area contributed by atoms with Crippen LogP contribution in [0.2, 0.25) is 0 Å². The summed E-state index contributed by atoms with van der Waals surface area (Å²) in [6, 6.07) is 4.81. The molecule has 1 fully saturated rings. The normalized spacial score (nSPS) is 19.5. The average Bonchev–Trinajstić information content (AvgIpc) is 2.92. The fourth-order valence-electron chi connectivity index (χ4n) is 3.41. The smallest absolute Gasteiger partial charge is 0.00853 e. The molecule has 0 atom stereocenters. The molecule has 0 nitrogen and oxygen atoms in total. The van der Waals surface area contributed by atoms with E-state index < -0.39 is 0 Å². The summed E-state index contributed by atoms with van der Waals surface area (Å²) in [7, 11) is 0. The molecular weight excluding hydrogens is 204 g/mol. The fourth-order valence-corrected chi connectivity index (χ4v) is 3.41. The minimum Gasteiger partial charge on any atom is -0.0763 e. The Bertz CT molecular complexity index is 459. The largest absolute Gasteiger partial charge is 0.0763 e. The fraction of sp³-hybridized carbons (Fsp3) is 0.529. The van der Waals surface area contributed by atoms with E-state index in [9.17, 15) is 0 Å². The molecule has 0 bridgehead atoms. The van der Waals surface area contributed by atoms with Crippen LogP contribution in [0.3, 0.4) is 0 Å². The molecule has 0 amide bonds. The zero-order chi connectivity index (χ0) is 11.8. The number of hydrogen-bond donors (Lipinski definition) is 0. The lowest BCUT2D eigenvalue weighted by atomic mass is 9.92. The molecular formula is C17H22. The summed E-state index contributed by atoms with van der Waals surface area (Å²) in [5.41, 5.74) is 7.64. The van der Waals surface area contributed by atoms with Gasteiger partial charge < -0.3 is 0 Å². The van der Waals surface area contributed by atoms with E-state index in [4.69, 9.17) is 0 Å². The van der Waals surface area contributed by atoms with Gasteiger partial charge in [-0.3, -0.25) is 0 Å². The van der Waals surface area contributed by atoms with Crippen molar-refractivity contribution in [2.24, 2.45) is 5.92 Å². The van der Waals surface area contributed by atoms with E-state index in [2.05, 4.69) is 32.1 Å². The Labute approximate surface area is 105 Å². The molecule has 1 aromatic carbocycles. The molecule has 2 aliphatic rings. The zero-order valence-electron chi connectivity index (χ0n) is 11.1. The summed E-state index contributed by atoms with van der Waals surface area (Å²) in [5, 5.41) is 0. The number of aryl methyl sites for hydroxylation is 2. The maximum Gasteiger partial charge on any atom is -0.00853 e. The first-order chi connectivity index (χ1) is 8.24. The molecule has 17 heavy (non-hydrogen) atoms. The van der Waals surface area contributed by atoms with Crippen LogP contribution in [-0.4, -0.2) is 0 Å². The molecule has 1 aromatic rings. The molecule has 0 N–H and O–H groups in total. The lowest BCUT2D eigenvalue weighted by Crippen LogP contribution is -1.96. The second-order valence-corrected chi connectivity index (χ2v) is 5.88. The summed E-state index contributed by atoms with van der Waals surface area (Å²) >= 11 is 0. The van der Waals surface area contributed by atoms with E-state index in [0.29, 0.717) is 0 Å². The van der Waals surface area contributed by atoms with Gasteiger partial charge in [-0.15, -0.1) is 0 Å². The van der Waals surface area contributed by atoms with Gasteiger partial charge in [0.25, 0.3) is 0 Å². The van der Waals surface area contributed by atoms with Crippen molar-refractivity contribution in [2.75, 3.05) is 0 Å². The molecule has 0 heteroatoms. The second-order valence-electron chi connectivity index (χ2n) is 5.88. The molecule has 0 heterocycles. The van der Waals surface area contributed by atoms with Gasteiger partial charge in [0.05, 0.1) is 0 Å². The van der Waals surface area contributed by atoms with Crippen LogP contribution in [0, 0.1) is 19.8 Å². The lowest BCUT2D eigenvalue weighted by molar-refractivity contribution is 0.566. The summed E-state index contributed by atoms with van der Waals surface area (Å²) in [4.78, 5) is 0. The Hall–Kier alpha value is -1.04. The zero-order valence-corrected chi connectivity index (χ0v) is 11.1. The molecule has 0 unspecified atom stereocenters. The maximum atomic E-state index is 2.47. The molecule has 2 aliphatic carbocycles.